The highest BCUT2D eigenvalue weighted by molar-refractivity contribution is 5.88. The smallest absolute Gasteiger partial charge is 0.335 e. The molecule has 0 radical (unpaired) electrons. The first-order valence-electron chi connectivity index (χ1n) is 8.02. The van der Waals surface area contributed by atoms with Gasteiger partial charge in [0.2, 0.25) is 0 Å². The van der Waals surface area contributed by atoms with E-state index in [9.17, 15) is 4.79 Å². The number of carboxylic acid groups (broad SMARTS) is 1. The van der Waals surface area contributed by atoms with Gasteiger partial charge in [0, 0.05) is 16.9 Å². The number of rotatable bonds is 5. The Labute approximate surface area is 145 Å². The van der Waals surface area contributed by atoms with Crippen LogP contribution in [0.4, 0.5) is 11.5 Å². The van der Waals surface area contributed by atoms with Gasteiger partial charge in [-0.3, -0.25) is 0 Å². The normalized spacial score (nSPS) is 10.7. The molecule has 1 aromatic carbocycles. The van der Waals surface area contributed by atoms with E-state index in [-0.39, 0.29) is 5.56 Å². The Bertz CT molecular complexity index is 914. The van der Waals surface area contributed by atoms with Gasteiger partial charge in [-0.05, 0) is 56.7 Å². The van der Waals surface area contributed by atoms with E-state index in [1.807, 2.05) is 32.9 Å². The molecule has 2 aromatic heterocycles. The maximum atomic E-state index is 11.0. The van der Waals surface area contributed by atoms with Crippen molar-refractivity contribution in [1.82, 2.24) is 9.97 Å². The molecule has 0 saturated heterocycles. The van der Waals surface area contributed by atoms with Crippen molar-refractivity contribution in [2.45, 2.75) is 27.2 Å². The van der Waals surface area contributed by atoms with Crippen LogP contribution in [0.2, 0.25) is 0 Å². The summed E-state index contributed by atoms with van der Waals surface area (Å²) in [5.74, 6) is 1.69. The van der Waals surface area contributed by atoms with Crippen molar-refractivity contribution in [2.24, 2.45) is 0 Å². The summed E-state index contributed by atoms with van der Waals surface area (Å²) in [6.45, 7) is 5.86. The summed E-state index contributed by atoms with van der Waals surface area (Å²) in [6.07, 6.45) is 0.777. The van der Waals surface area contributed by atoms with Gasteiger partial charge in [-0.1, -0.05) is 6.92 Å². The third-order valence-corrected chi connectivity index (χ3v) is 3.92. The van der Waals surface area contributed by atoms with Crippen molar-refractivity contribution in [2.75, 3.05) is 5.32 Å². The Morgan fingerprint density at radius 2 is 1.84 bits per heavy atom. The molecule has 3 rings (SSSR count). The molecule has 2 heterocycles. The predicted molar refractivity (Wildman–Crippen MR) is 95.3 cm³/mol. The molecule has 0 unspecified atom stereocenters. The first-order chi connectivity index (χ1) is 12.0. The molecule has 25 heavy (non-hydrogen) atoms. The summed E-state index contributed by atoms with van der Waals surface area (Å²) < 4.78 is 5.63. The van der Waals surface area contributed by atoms with Crippen LogP contribution in [-0.2, 0) is 6.42 Å². The lowest BCUT2D eigenvalue weighted by Gasteiger charge is -2.13. The van der Waals surface area contributed by atoms with Gasteiger partial charge in [-0.25, -0.2) is 14.8 Å². The van der Waals surface area contributed by atoms with E-state index in [0.717, 1.165) is 29.1 Å². The number of nitrogens with zero attached hydrogens (tertiary/aromatic N) is 2. The monoisotopic (exact) mass is 337 g/mol. The fourth-order valence-corrected chi connectivity index (χ4v) is 2.62. The lowest BCUT2D eigenvalue weighted by Crippen LogP contribution is -2.05. The highest BCUT2D eigenvalue weighted by Gasteiger charge is 2.14. The molecule has 0 aliphatic rings. The van der Waals surface area contributed by atoms with E-state index < -0.39 is 5.97 Å². The lowest BCUT2D eigenvalue weighted by molar-refractivity contribution is 0.0697. The molecule has 0 spiro atoms. The minimum Gasteiger partial charge on any atom is -0.478 e. The molecule has 2 N–H and O–H groups in total. The number of hydrogen-bond donors (Lipinski definition) is 2. The van der Waals surface area contributed by atoms with Crippen LogP contribution in [0.15, 0.2) is 40.8 Å². The van der Waals surface area contributed by atoms with Crippen molar-refractivity contribution in [3.05, 3.63) is 59.0 Å². The zero-order chi connectivity index (χ0) is 18.0. The second-order valence-corrected chi connectivity index (χ2v) is 5.73. The fraction of sp³-hybridized carbons (Fsp3) is 0.211. The average molecular weight is 337 g/mol. The molecule has 0 fully saturated rings. The number of anilines is 2. The summed E-state index contributed by atoms with van der Waals surface area (Å²) in [5, 5.41) is 12.3. The Kier molecular flexibility index (Phi) is 4.52. The van der Waals surface area contributed by atoms with Gasteiger partial charge >= 0.3 is 5.97 Å². The molecule has 128 valence electrons. The van der Waals surface area contributed by atoms with E-state index in [1.54, 1.807) is 24.3 Å². The van der Waals surface area contributed by atoms with Crippen molar-refractivity contribution in [3.63, 3.8) is 0 Å². The van der Waals surface area contributed by atoms with Crippen LogP contribution in [0.5, 0.6) is 0 Å². The van der Waals surface area contributed by atoms with Crippen molar-refractivity contribution in [3.8, 4) is 11.6 Å². The molecule has 0 aliphatic carbocycles. The summed E-state index contributed by atoms with van der Waals surface area (Å²) in [5.41, 5.74) is 2.90. The third-order valence-electron chi connectivity index (χ3n) is 3.92. The number of hydrogen-bond acceptors (Lipinski definition) is 5. The molecule has 0 aliphatic heterocycles. The number of benzene rings is 1. The van der Waals surface area contributed by atoms with Gasteiger partial charge in [0.15, 0.2) is 11.6 Å². The van der Waals surface area contributed by atoms with Gasteiger partial charge in [-0.2, -0.15) is 0 Å². The Morgan fingerprint density at radius 3 is 2.40 bits per heavy atom. The van der Waals surface area contributed by atoms with Crippen LogP contribution in [0.3, 0.4) is 0 Å². The lowest BCUT2D eigenvalue weighted by atomic mass is 10.1. The molecule has 0 atom stereocenters. The standard InChI is InChI=1S/C19H19N3O3/c1-4-15-12(3)20-18(16-10-5-11(2)25-16)22-17(15)21-14-8-6-13(7-9-14)19(23)24/h5-10H,4H2,1-3H3,(H,23,24)(H,20,21,22). The van der Waals surface area contributed by atoms with E-state index in [2.05, 4.69) is 15.3 Å². The van der Waals surface area contributed by atoms with Crippen molar-refractivity contribution in [1.29, 1.82) is 0 Å². The van der Waals surface area contributed by atoms with Crippen LogP contribution >= 0.6 is 0 Å². The SMILES string of the molecule is CCc1c(C)nc(-c2ccc(C)o2)nc1Nc1ccc(C(=O)O)cc1. The van der Waals surface area contributed by atoms with Crippen LogP contribution in [0.25, 0.3) is 11.6 Å². The van der Waals surface area contributed by atoms with Gasteiger partial charge in [-0.15, -0.1) is 0 Å². The topological polar surface area (TPSA) is 88.3 Å². The average Bonchev–Trinajstić information content (AvgIpc) is 3.01. The van der Waals surface area contributed by atoms with Crippen molar-refractivity contribution >= 4 is 17.5 Å². The summed E-state index contributed by atoms with van der Waals surface area (Å²) >= 11 is 0. The summed E-state index contributed by atoms with van der Waals surface area (Å²) in [7, 11) is 0. The number of carboxylic acids is 1. The predicted octanol–water partition coefficient (Wildman–Crippen LogP) is 4.36. The number of aromatic carboxylic acids is 1. The number of carbonyl (C=O) groups is 1. The molecule has 3 aromatic rings. The second kappa shape index (κ2) is 6.76. The van der Waals surface area contributed by atoms with Crippen LogP contribution in [-0.4, -0.2) is 21.0 Å². The molecule has 0 bridgehead atoms. The highest BCUT2D eigenvalue weighted by Crippen LogP contribution is 2.26. The van der Waals surface area contributed by atoms with Crippen LogP contribution in [0, 0.1) is 13.8 Å². The summed E-state index contributed by atoms with van der Waals surface area (Å²) in [6, 6.07) is 10.3. The van der Waals surface area contributed by atoms with Gasteiger partial charge in [0.25, 0.3) is 0 Å². The second-order valence-electron chi connectivity index (χ2n) is 5.73. The minimum absolute atomic E-state index is 0.242. The fourth-order valence-electron chi connectivity index (χ4n) is 2.62. The third kappa shape index (κ3) is 3.52. The number of nitrogens with one attached hydrogen (secondary N) is 1. The van der Waals surface area contributed by atoms with Crippen molar-refractivity contribution < 1.29 is 14.3 Å². The zero-order valence-corrected chi connectivity index (χ0v) is 14.3. The van der Waals surface area contributed by atoms with E-state index in [1.165, 1.54) is 0 Å². The van der Waals surface area contributed by atoms with Gasteiger partial charge in [0.1, 0.15) is 11.6 Å². The molecule has 6 heteroatoms. The van der Waals surface area contributed by atoms with Gasteiger partial charge in [0.05, 0.1) is 5.56 Å². The van der Waals surface area contributed by atoms with Gasteiger partial charge < -0.3 is 14.8 Å². The minimum atomic E-state index is -0.950. The van der Waals surface area contributed by atoms with E-state index in [4.69, 9.17) is 9.52 Å². The first-order valence-corrected chi connectivity index (χ1v) is 8.02. The number of furan rings is 1. The molecular formula is C19H19N3O3. The molecule has 6 nitrogen and oxygen atoms in total. The molecular weight excluding hydrogens is 318 g/mol. The van der Waals surface area contributed by atoms with Crippen LogP contribution in [0.1, 0.15) is 34.3 Å². The van der Waals surface area contributed by atoms with E-state index in [0.29, 0.717) is 17.4 Å². The van der Waals surface area contributed by atoms with Crippen LogP contribution < -0.4 is 5.32 Å². The maximum absolute atomic E-state index is 11.0. The highest BCUT2D eigenvalue weighted by atomic mass is 16.4. The Balaban J connectivity index is 1.98. The Hall–Kier alpha value is -3.15. The zero-order valence-electron chi connectivity index (χ0n) is 14.3. The first kappa shape index (κ1) is 16.7. The maximum Gasteiger partial charge on any atom is 0.335 e. The number of aromatic nitrogens is 2. The molecule has 0 saturated carbocycles. The largest absolute Gasteiger partial charge is 0.478 e. The van der Waals surface area contributed by atoms with E-state index >= 15 is 0 Å². The molecule has 0 amide bonds. The summed E-state index contributed by atoms with van der Waals surface area (Å²) in [4.78, 5) is 20.1. The quantitative estimate of drug-likeness (QED) is 0.719. The Morgan fingerprint density at radius 1 is 1.12 bits per heavy atom. The number of aryl methyl sites for hydroxylation is 2.